The highest BCUT2D eigenvalue weighted by molar-refractivity contribution is 8.00. The number of hydrogen-bond donors (Lipinski definition) is 1. The van der Waals surface area contributed by atoms with Crippen molar-refractivity contribution < 1.29 is 28.8 Å². The number of rotatable bonds is 9. The summed E-state index contributed by atoms with van der Waals surface area (Å²) in [4.78, 5) is 13.1. The smallest absolute Gasteiger partial charge is 0.334 e. The van der Waals surface area contributed by atoms with Crippen molar-refractivity contribution in [2.45, 2.75) is 28.8 Å². The van der Waals surface area contributed by atoms with E-state index in [1.165, 1.54) is 13.2 Å². The molecule has 1 aromatic rings. The third kappa shape index (κ3) is 6.13. The zero-order valence-electron chi connectivity index (χ0n) is 14.4. The Labute approximate surface area is 152 Å². The highest BCUT2D eigenvalue weighted by Gasteiger charge is 2.35. The van der Waals surface area contributed by atoms with Crippen LogP contribution in [0, 0.1) is 0 Å². The normalized spacial score (nSPS) is 23.2. The van der Waals surface area contributed by atoms with Crippen molar-refractivity contribution in [3.8, 4) is 0 Å². The summed E-state index contributed by atoms with van der Waals surface area (Å²) >= 11 is 1.55. The maximum absolute atomic E-state index is 12.1. The van der Waals surface area contributed by atoms with Crippen molar-refractivity contribution in [3.63, 3.8) is 0 Å². The fraction of sp³-hybridized carbons (Fsp3) is 0.500. The molecule has 25 heavy (non-hydrogen) atoms. The summed E-state index contributed by atoms with van der Waals surface area (Å²) in [5, 5.41) is 10.1. The lowest BCUT2D eigenvalue weighted by Gasteiger charge is -2.31. The van der Waals surface area contributed by atoms with Crippen LogP contribution >= 0.6 is 11.8 Å². The molecule has 0 radical (unpaired) electrons. The molecule has 0 bridgehead atoms. The van der Waals surface area contributed by atoms with Crippen LogP contribution in [-0.4, -0.2) is 62.8 Å². The SMILES string of the molecule is COCCOCO[C@@H]1C[C@@H](Sc2ccccc2)C(C(=O)OC)=C[C@H]1O. The lowest BCUT2D eigenvalue weighted by Crippen LogP contribution is -2.38. The number of esters is 1. The third-order valence-electron chi connectivity index (χ3n) is 3.76. The molecule has 2 rings (SSSR count). The second kappa shape index (κ2) is 10.6. The maximum Gasteiger partial charge on any atom is 0.334 e. The molecular weight excluding hydrogens is 344 g/mol. The summed E-state index contributed by atoms with van der Waals surface area (Å²) in [7, 11) is 2.94. The van der Waals surface area contributed by atoms with E-state index in [4.69, 9.17) is 18.9 Å². The Morgan fingerprint density at radius 2 is 2.00 bits per heavy atom. The number of benzene rings is 1. The number of hydrogen-bond acceptors (Lipinski definition) is 7. The standard InChI is InChI=1S/C18H24O6S/c1-21-8-9-23-12-24-16-11-17(25-13-6-4-3-5-7-13)14(10-15(16)19)18(20)22-2/h3-7,10,15-17,19H,8-9,11-12H2,1-2H3/t15-,16-,17-/m1/s1. The van der Waals surface area contributed by atoms with Crippen molar-refractivity contribution in [2.75, 3.05) is 34.2 Å². The Morgan fingerprint density at radius 1 is 1.24 bits per heavy atom. The molecule has 0 spiro atoms. The van der Waals surface area contributed by atoms with Gasteiger partial charge < -0.3 is 24.1 Å². The Balaban J connectivity index is 2.03. The van der Waals surface area contributed by atoms with Crippen LogP contribution in [0.2, 0.25) is 0 Å². The molecule has 0 amide bonds. The van der Waals surface area contributed by atoms with E-state index in [-0.39, 0.29) is 12.0 Å². The molecule has 0 saturated heterocycles. The van der Waals surface area contributed by atoms with Crippen LogP contribution in [0.5, 0.6) is 0 Å². The van der Waals surface area contributed by atoms with Gasteiger partial charge in [0.25, 0.3) is 0 Å². The number of thioether (sulfide) groups is 1. The van der Waals surface area contributed by atoms with E-state index in [0.717, 1.165) is 4.90 Å². The zero-order valence-corrected chi connectivity index (χ0v) is 15.2. The average molecular weight is 368 g/mol. The minimum absolute atomic E-state index is 0.0647. The first kappa shape index (κ1) is 19.9. The van der Waals surface area contributed by atoms with Gasteiger partial charge in [0, 0.05) is 22.8 Å². The van der Waals surface area contributed by atoms with E-state index in [9.17, 15) is 9.90 Å². The molecule has 0 aliphatic heterocycles. The van der Waals surface area contributed by atoms with Gasteiger partial charge in [0.05, 0.1) is 32.5 Å². The monoisotopic (exact) mass is 368 g/mol. The topological polar surface area (TPSA) is 74.2 Å². The number of carbonyl (C=O) groups is 1. The molecule has 7 heteroatoms. The Morgan fingerprint density at radius 3 is 2.68 bits per heavy atom. The van der Waals surface area contributed by atoms with Gasteiger partial charge in [-0.3, -0.25) is 0 Å². The van der Waals surface area contributed by atoms with Crippen molar-refractivity contribution >= 4 is 17.7 Å². The average Bonchev–Trinajstić information content (AvgIpc) is 2.63. The van der Waals surface area contributed by atoms with E-state index in [0.29, 0.717) is 25.2 Å². The summed E-state index contributed by atoms with van der Waals surface area (Å²) < 4.78 is 20.7. The van der Waals surface area contributed by atoms with Gasteiger partial charge in [0.15, 0.2) is 0 Å². The largest absolute Gasteiger partial charge is 0.466 e. The van der Waals surface area contributed by atoms with Crippen LogP contribution in [0.15, 0.2) is 46.9 Å². The van der Waals surface area contributed by atoms with Crippen molar-refractivity contribution in [2.24, 2.45) is 0 Å². The minimum Gasteiger partial charge on any atom is -0.466 e. The summed E-state index contributed by atoms with van der Waals surface area (Å²) in [5.74, 6) is -0.428. The predicted molar refractivity (Wildman–Crippen MR) is 94.4 cm³/mol. The van der Waals surface area contributed by atoms with Crippen LogP contribution in [-0.2, 0) is 23.7 Å². The molecule has 0 aromatic heterocycles. The van der Waals surface area contributed by atoms with E-state index < -0.39 is 18.2 Å². The molecule has 0 saturated carbocycles. The molecule has 3 atom stereocenters. The first-order chi connectivity index (χ1) is 12.2. The predicted octanol–water partition coefficient (Wildman–Crippen LogP) is 2.02. The summed E-state index contributed by atoms with van der Waals surface area (Å²) in [5.41, 5.74) is 0.462. The highest BCUT2D eigenvalue weighted by atomic mass is 32.2. The van der Waals surface area contributed by atoms with Gasteiger partial charge in [0.2, 0.25) is 0 Å². The first-order valence-electron chi connectivity index (χ1n) is 8.03. The van der Waals surface area contributed by atoms with Gasteiger partial charge in [-0.05, 0) is 24.6 Å². The van der Waals surface area contributed by atoms with E-state index >= 15 is 0 Å². The molecule has 6 nitrogen and oxygen atoms in total. The lowest BCUT2D eigenvalue weighted by molar-refractivity contribution is -0.138. The second-order valence-electron chi connectivity index (χ2n) is 5.48. The summed E-state index contributed by atoms with van der Waals surface area (Å²) in [6.45, 7) is 0.968. The quantitative estimate of drug-likeness (QED) is 0.406. The van der Waals surface area contributed by atoms with Gasteiger partial charge in [-0.1, -0.05) is 18.2 Å². The number of aliphatic hydroxyl groups excluding tert-OH is 1. The zero-order chi connectivity index (χ0) is 18.1. The minimum atomic E-state index is -0.882. The van der Waals surface area contributed by atoms with Gasteiger partial charge >= 0.3 is 5.97 Å². The molecule has 1 N–H and O–H groups in total. The number of aliphatic hydroxyl groups is 1. The van der Waals surface area contributed by atoms with Crippen LogP contribution in [0.1, 0.15) is 6.42 Å². The van der Waals surface area contributed by atoms with Gasteiger partial charge in [-0.25, -0.2) is 4.79 Å². The van der Waals surface area contributed by atoms with Gasteiger partial charge in [-0.15, -0.1) is 11.8 Å². The van der Waals surface area contributed by atoms with E-state index in [1.807, 2.05) is 30.3 Å². The second-order valence-corrected chi connectivity index (χ2v) is 6.76. The number of carbonyl (C=O) groups excluding carboxylic acids is 1. The number of methoxy groups -OCH3 is 2. The molecule has 1 aliphatic rings. The first-order valence-corrected chi connectivity index (χ1v) is 8.91. The fourth-order valence-corrected chi connectivity index (χ4v) is 3.70. The van der Waals surface area contributed by atoms with Crippen LogP contribution in [0.4, 0.5) is 0 Å². The van der Waals surface area contributed by atoms with E-state index in [2.05, 4.69) is 0 Å². The van der Waals surface area contributed by atoms with Crippen molar-refractivity contribution in [1.82, 2.24) is 0 Å². The fourth-order valence-electron chi connectivity index (χ4n) is 2.47. The Kier molecular flexibility index (Phi) is 8.43. The molecule has 0 heterocycles. The van der Waals surface area contributed by atoms with Gasteiger partial charge in [0.1, 0.15) is 6.79 Å². The summed E-state index contributed by atoms with van der Waals surface area (Å²) in [6.07, 6.45) is 0.676. The number of ether oxygens (including phenoxy) is 4. The molecule has 0 unspecified atom stereocenters. The van der Waals surface area contributed by atoms with E-state index in [1.54, 1.807) is 18.9 Å². The Hall–Kier alpha value is -1.38. The van der Waals surface area contributed by atoms with Crippen LogP contribution in [0.3, 0.4) is 0 Å². The highest BCUT2D eigenvalue weighted by Crippen LogP contribution is 2.36. The third-order valence-corrected chi connectivity index (χ3v) is 5.04. The molecule has 1 aromatic carbocycles. The maximum atomic E-state index is 12.1. The van der Waals surface area contributed by atoms with Crippen molar-refractivity contribution in [3.05, 3.63) is 42.0 Å². The van der Waals surface area contributed by atoms with Crippen LogP contribution in [0.25, 0.3) is 0 Å². The molecule has 138 valence electrons. The van der Waals surface area contributed by atoms with Crippen LogP contribution < -0.4 is 0 Å². The Bertz CT molecular complexity index is 562. The molecular formula is C18H24O6S. The van der Waals surface area contributed by atoms with Gasteiger partial charge in [-0.2, -0.15) is 0 Å². The molecule has 1 aliphatic carbocycles. The lowest BCUT2D eigenvalue weighted by atomic mass is 9.94. The van der Waals surface area contributed by atoms with Crippen molar-refractivity contribution in [1.29, 1.82) is 0 Å². The molecule has 0 fully saturated rings. The summed E-state index contributed by atoms with van der Waals surface area (Å²) in [6, 6.07) is 9.79.